The first-order valence-electron chi connectivity index (χ1n) is 8.49. The Morgan fingerprint density at radius 2 is 1.88 bits per heavy atom. The number of ether oxygens (including phenoxy) is 1. The summed E-state index contributed by atoms with van der Waals surface area (Å²) in [4.78, 5) is 8.44. The summed E-state index contributed by atoms with van der Waals surface area (Å²) in [7, 11) is 1.72. The molecule has 0 saturated heterocycles. The summed E-state index contributed by atoms with van der Waals surface area (Å²) in [6.45, 7) is 1.95. The lowest BCUT2D eigenvalue weighted by atomic mass is 10.2. The van der Waals surface area contributed by atoms with Crippen molar-refractivity contribution in [2.24, 2.45) is 10.9 Å². The summed E-state index contributed by atoms with van der Waals surface area (Å²) >= 11 is 0. The van der Waals surface area contributed by atoms with E-state index in [9.17, 15) is 4.39 Å². The highest BCUT2D eigenvalue weighted by Gasteiger charge is 2.22. The number of nitrogens with zero attached hydrogens (tertiary/aromatic N) is 2. The van der Waals surface area contributed by atoms with E-state index < -0.39 is 0 Å². The van der Waals surface area contributed by atoms with Gasteiger partial charge in [-0.2, -0.15) is 0 Å². The molecule has 1 saturated carbocycles. The van der Waals surface area contributed by atoms with E-state index in [2.05, 4.69) is 20.6 Å². The Hall–Kier alpha value is -2.63. The van der Waals surface area contributed by atoms with Gasteiger partial charge in [0.2, 0.25) is 5.88 Å². The number of benzene rings is 1. The zero-order chi connectivity index (χ0) is 17.5. The molecule has 0 bridgehead atoms. The van der Waals surface area contributed by atoms with Crippen LogP contribution in [0.15, 0.2) is 47.6 Å². The van der Waals surface area contributed by atoms with Crippen LogP contribution in [0.1, 0.15) is 24.0 Å². The molecule has 1 aromatic carbocycles. The van der Waals surface area contributed by atoms with Crippen LogP contribution >= 0.6 is 0 Å². The summed E-state index contributed by atoms with van der Waals surface area (Å²) in [5.74, 6) is 1.82. The Kier molecular flexibility index (Phi) is 5.82. The van der Waals surface area contributed by atoms with E-state index >= 15 is 0 Å². The van der Waals surface area contributed by atoms with Crippen LogP contribution in [0.3, 0.4) is 0 Å². The molecule has 0 atom stereocenters. The molecule has 0 amide bonds. The van der Waals surface area contributed by atoms with Gasteiger partial charge < -0.3 is 15.4 Å². The summed E-state index contributed by atoms with van der Waals surface area (Å²) in [6, 6.07) is 10.3. The minimum absolute atomic E-state index is 0.233. The number of hydrogen-bond donors (Lipinski definition) is 2. The van der Waals surface area contributed by atoms with Gasteiger partial charge >= 0.3 is 0 Å². The highest BCUT2D eigenvalue weighted by molar-refractivity contribution is 5.79. The summed E-state index contributed by atoms with van der Waals surface area (Å²) in [5, 5.41) is 6.46. The van der Waals surface area contributed by atoms with Crippen molar-refractivity contribution >= 4 is 5.96 Å². The van der Waals surface area contributed by atoms with E-state index in [1.165, 1.54) is 25.0 Å². The second-order valence-corrected chi connectivity index (χ2v) is 6.16. The third-order valence-electron chi connectivity index (χ3n) is 4.02. The highest BCUT2D eigenvalue weighted by Crippen LogP contribution is 2.29. The van der Waals surface area contributed by atoms with E-state index in [-0.39, 0.29) is 5.82 Å². The summed E-state index contributed by atoms with van der Waals surface area (Å²) < 4.78 is 18.6. The fraction of sp³-hybridized carbons (Fsp3) is 0.368. The van der Waals surface area contributed by atoms with Crippen molar-refractivity contribution in [2.45, 2.75) is 25.9 Å². The maximum absolute atomic E-state index is 12.9. The lowest BCUT2D eigenvalue weighted by Gasteiger charge is -2.12. The Morgan fingerprint density at radius 3 is 2.56 bits per heavy atom. The van der Waals surface area contributed by atoms with Crippen molar-refractivity contribution in [3.8, 4) is 5.88 Å². The molecule has 1 fully saturated rings. The lowest BCUT2D eigenvalue weighted by molar-refractivity contribution is 0.288. The smallest absolute Gasteiger partial charge is 0.213 e. The largest absolute Gasteiger partial charge is 0.477 e. The molecule has 0 radical (unpaired) electrons. The first-order valence-corrected chi connectivity index (χ1v) is 8.49. The van der Waals surface area contributed by atoms with Crippen LogP contribution in [0.4, 0.5) is 4.39 Å². The average molecular weight is 342 g/mol. The highest BCUT2D eigenvalue weighted by atomic mass is 19.1. The molecule has 1 aliphatic rings. The van der Waals surface area contributed by atoms with E-state index in [1.54, 1.807) is 25.4 Å². The maximum atomic E-state index is 12.9. The molecule has 25 heavy (non-hydrogen) atoms. The molecule has 1 aromatic heterocycles. The Morgan fingerprint density at radius 1 is 1.16 bits per heavy atom. The first kappa shape index (κ1) is 17.2. The molecule has 2 N–H and O–H groups in total. The number of guanidine groups is 1. The van der Waals surface area contributed by atoms with Crippen LogP contribution in [-0.4, -0.2) is 24.6 Å². The number of aromatic nitrogens is 1. The third kappa shape index (κ3) is 5.74. The van der Waals surface area contributed by atoms with E-state index in [0.717, 1.165) is 17.7 Å². The van der Waals surface area contributed by atoms with Gasteiger partial charge in [0.1, 0.15) is 5.82 Å². The van der Waals surface area contributed by atoms with Gasteiger partial charge in [-0.15, -0.1) is 0 Å². The monoisotopic (exact) mass is 342 g/mol. The van der Waals surface area contributed by atoms with Crippen molar-refractivity contribution in [3.63, 3.8) is 0 Å². The molecule has 132 valence electrons. The number of nitrogens with one attached hydrogen (secondary N) is 2. The zero-order valence-electron chi connectivity index (χ0n) is 14.3. The molecule has 1 aliphatic carbocycles. The van der Waals surface area contributed by atoms with Crippen LogP contribution in [0.2, 0.25) is 0 Å². The molecule has 0 spiro atoms. The predicted molar refractivity (Wildman–Crippen MR) is 95.9 cm³/mol. The molecular weight excluding hydrogens is 319 g/mol. The molecule has 0 aliphatic heterocycles. The topological polar surface area (TPSA) is 58.5 Å². The molecule has 0 unspecified atom stereocenters. The van der Waals surface area contributed by atoms with Gasteiger partial charge in [0.25, 0.3) is 0 Å². The Bertz CT molecular complexity index is 714. The van der Waals surface area contributed by atoms with Gasteiger partial charge in [-0.05, 0) is 48.1 Å². The first-order chi connectivity index (χ1) is 12.2. The number of rotatable bonds is 7. The van der Waals surface area contributed by atoms with Crippen LogP contribution in [-0.2, 0) is 13.1 Å². The van der Waals surface area contributed by atoms with Crippen LogP contribution < -0.4 is 15.4 Å². The maximum Gasteiger partial charge on any atom is 0.213 e. The van der Waals surface area contributed by atoms with Crippen molar-refractivity contribution in [3.05, 3.63) is 59.5 Å². The SMILES string of the molecule is CN=C(NCc1ccc(F)cc1)NCc1ccnc(OCC2CC2)c1. The summed E-state index contributed by atoms with van der Waals surface area (Å²) in [6.07, 6.45) is 4.28. The average Bonchev–Trinajstić information content (AvgIpc) is 3.46. The number of aliphatic imine (C=N–C) groups is 1. The fourth-order valence-corrected chi connectivity index (χ4v) is 2.32. The minimum Gasteiger partial charge on any atom is -0.477 e. The predicted octanol–water partition coefficient (Wildman–Crippen LogP) is 2.87. The molecule has 2 aromatic rings. The number of pyridine rings is 1. The Labute approximate surface area is 147 Å². The molecule has 3 rings (SSSR count). The lowest BCUT2D eigenvalue weighted by Crippen LogP contribution is -2.36. The standard InChI is InChI=1S/C19H23FN4O/c1-21-19(23-11-14-4-6-17(20)7-5-14)24-12-16-8-9-22-18(10-16)25-13-15-2-3-15/h4-10,15H,2-3,11-13H2,1H3,(H2,21,23,24). The Balaban J connectivity index is 1.47. The van der Waals surface area contributed by atoms with E-state index in [4.69, 9.17) is 4.74 Å². The normalized spacial score (nSPS) is 14.2. The van der Waals surface area contributed by atoms with Gasteiger partial charge in [-0.1, -0.05) is 12.1 Å². The van der Waals surface area contributed by atoms with Crippen molar-refractivity contribution in [1.82, 2.24) is 15.6 Å². The molecule has 6 heteroatoms. The second kappa shape index (κ2) is 8.46. The van der Waals surface area contributed by atoms with E-state index in [0.29, 0.717) is 30.8 Å². The van der Waals surface area contributed by atoms with Gasteiger partial charge in [-0.25, -0.2) is 9.37 Å². The van der Waals surface area contributed by atoms with Gasteiger partial charge in [-0.3, -0.25) is 4.99 Å². The third-order valence-corrected chi connectivity index (χ3v) is 4.02. The van der Waals surface area contributed by atoms with Gasteiger partial charge in [0.15, 0.2) is 5.96 Å². The van der Waals surface area contributed by atoms with Crippen LogP contribution in [0.5, 0.6) is 5.88 Å². The molecule has 5 nitrogen and oxygen atoms in total. The second-order valence-electron chi connectivity index (χ2n) is 6.16. The van der Waals surface area contributed by atoms with Crippen molar-refractivity contribution in [2.75, 3.05) is 13.7 Å². The molecular formula is C19H23FN4O. The zero-order valence-corrected chi connectivity index (χ0v) is 14.3. The molecule has 1 heterocycles. The van der Waals surface area contributed by atoms with Crippen LogP contribution in [0, 0.1) is 11.7 Å². The van der Waals surface area contributed by atoms with Gasteiger partial charge in [0.05, 0.1) is 6.61 Å². The van der Waals surface area contributed by atoms with E-state index in [1.807, 2.05) is 12.1 Å². The number of hydrogen-bond acceptors (Lipinski definition) is 3. The van der Waals surface area contributed by atoms with Crippen molar-refractivity contribution in [1.29, 1.82) is 0 Å². The van der Waals surface area contributed by atoms with Crippen molar-refractivity contribution < 1.29 is 9.13 Å². The van der Waals surface area contributed by atoms with Crippen LogP contribution in [0.25, 0.3) is 0 Å². The number of halogens is 1. The minimum atomic E-state index is -0.233. The summed E-state index contributed by atoms with van der Waals surface area (Å²) in [5.41, 5.74) is 2.06. The quantitative estimate of drug-likeness (QED) is 0.600. The fourth-order valence-electron chi connectivity index (χ4n) is 2.32. The van der Waals surface area contributed by atoms with Gasteiger partial charge in [0, 0.05) is 32.4 Å².